The molecule has 0 heterocycles. The van der Waals surface area contributed by atoms with Crippen LogP contribution in [0.4, 0.5) is 43.9 Å². The number of hydrogen-bond acceptors (Lipinski definition) is 3. The lowest BCUT2D eigenvalue weighted by molar-refractivity contribution is -0.274. The number of amides is 1. The fraction of sp³-hybridized carbons (Fsp3) is 0.242. The predicted molar refractivity (Wildman–Crippen MR) is 155 cm³/mol. The van der Waals surface area contributed by atoms with Crippen molar-refractivity contribution in [3.05, 3.63) is 144 Å². The van der Waals surface area contributed by atoms with Gasteiger partial charge in [-0.05, 0) is 55.3 Å². The van der Waals surface area contributed by atoms with E-state index >= 15 is 0 Å². The van der Waals surface area contributed by atoms with Crippen LogP contribution in [0.25, 0.3) is 0 Å². The molecule has 0 radical (unpaired) electrons. The highest BCUT2D eigenvalue weighted by molar-refractivity contribution is 5.95. The number of rotatable bonds is 15. The highest BCUT2D eigenvalue weighted by atomic mass is 19.4. The summed E-state index contributed by atoms with van der Waals surface area (Å²) in [6.07, 6.45) is -11.3. The van der Waals surface area contributed by atoms with Gasteiger partial charge in [0.25, 0.3) is 5.91 Å². The summed E-state index contributed by atoms with van der Waals surface area (Å²) in [5, 5.41) is 2.39. The van der Waals surface area contributed by atoms with Crippen molar-refractivity contribution < 1.29 is 58.2 Å². The minimum absolute atomic E-state index is 0.0531. The topological polar surface area (TPSA) is 47.6 Å². The number of nitrogens with one attached hydrogen (secondary N) is 1. The molecule has 0 aromatic heterocycles. The Balaban J connectivity index is 2.71. The third kappa shape index (κ3) is 11.8. The number of allylic oxidation sites excluding steroid dienone is 5. The zero-order valence-electron chi connectivity index (χ0n) is 24.9. The van der Waals surface area contributed by atoms with Crippen LogP contribution in [0.5, 0.6) is 0 Å². The Morgan fingerprint density at radius 3 is 2.21 bits per heavy atom. The molecule has 0 bridgehead atoms. The van der Waals surface area contributed by atoms with E-state index in [1.54, 1.807) is 44.2 Å². The van der Waals surface area contributed by atoms with E-state index in [-0.39, 0.29) is 30.6 Å². The minimum Gasteiger partial charge on any atom is -0.489 e. The van der Waals surface area contributed by atoms with E-state index in [1.165, 1.54) is 0 Å². The maximum Gasteiger partial charge on any atom is 0.460 e. The van der Waals surface area contributed by atoms with Crippen molar-refractivity contribution >= 4 is 5.91 Å². The summed E-state index contributed by atoms with van der Waals surface area (Å²) in [6, 6.07) is 8.89. The minimum atomic E-state index is -5.04. The Hall–Kier alpha value is -4.75. The first-order chi connectivity index (χ1) is 21.8. The Kier molecular flexibility index (Phi) is 13.2. The number of carbonyl (C=O) groups excluding carboxylic acids is 1. The first kappa shape index (κ1) is 38.4. The van der Waals surface area contributed by atoms with Crippen molar-refractivity contribution in [2.75, 3.05) is 0 Å². The standard InChI is InChI=1S/C33H29F10NO3/c1-20(2)47-22(4)28(36)11-8-13-31(19-23-9-6-5-7-10-23,21(3)15-26(34)12-14-46-33(42,43)30(37)38)44-29(45)24-16-25(32(39,40)41)18-27(35)17-24/h5-18,20,30H,3-4,19H2,1-2H3,(H,44,45)/b13-8+,14-12+,26-15+,28-11+/t31-/m0/s1. The van der Waals surface area contributed by atoms with Crippen LogP contribution in [0.1, 0.15) is 35.3 Å². The van der Waals surface area contributed by atoms with Crippen LogP contribution < -0.4 is 5.32 Å². The lowest BCUT2D eigenvalue weighted by Gasteiger charge is -2.33. The number of hydrogen-bond donors (Lipinski definition) is 1. The Morgan fingerprint density at radius 2 is 1.64 bits per heavy atom. The van der Waals surface area contributed by atoms with Crippen LogP contribution in [-0.4, -0.2) is 30.1 Å². The summed E-state index contributed by atoms with van der Waals surface area (Å²) < 4.78 is 144. The average Bonchev–Trinajstić information content (AvgIpc) is 2.96. The van der Waals surface area contributed by atoms with Crippen molar-refractivity contribution in [3.63, 3.8) is 0 Å². The molecule has 0 saturated carbocycles. The molecule has 1 N–H and O–H groups in total. The van der Waals surface area contributed by atoms with Crippen LogP contribution in [0, 0.1) is 5.82 Å². The normalized spacial score (nSPS) is 14.5. The smallest absolute Gasteiger partial charge is 0.460 e. The van der Waals surface area contributed by atoms with E-state index in [1.807, 2.05) is 0 Å². The van der Waals surface area contributed by atoms with E-state index in [0.29, 0.717) is 23.8 Å². The second-order valence-corrected chi connectivity index (χ2v) is 10.1. The summed E-state index contributed by atoms with van der Waals surface area (Å²) in [5.41, 5.74) is -4.33. The number of ether oxygens (including phenoxy) is 2. The van der Waals surface area contributed by atoms with E-state index < -0.39 is 70.4 Å². The molecule has 2 rings (SSSR count). The van der Waals surface area contributed by atoms with Crippen molar-refractivity contribution in [2.45, 2.75) is 50.6 Å². The molecule has 1 atom stereocenters. The molecular formula is C33H29F10NO3. The van der Waals surface area contributed by atoms with Gasteiger partial charge < -0.3 is 14.8 Å². The van der Waals surface area contributed by atoms with Gasteiger partial charge in [0.05, 0.1) is 23.5 Å². The number of benzene rings is 2. The quantitative estimate of drug-likeness (QED) is 0.116. The molecule has 2 aromatic carbocycles. The van der Waals surface area contributed by atoms with Crippen LogP contribution >= 0.6 is 0 Å². The van der Waals surface area contributed by atoms with Crippen LogP contribution in [0.3, 0.4) is 0 Å². The van der Waals surface area contributed by atoms with Crippen LogP contribution in [-0.2, 0) is 22.1 Å². The number of carbonyl (C=O) groups is 1. The van der Waals surface area contributed by atoms with Gasteiger partial charge >= 0.3 is 18.7 Å². The molecule has 0 aliphatic heterocycles. The summed E-state index contributed by atoms with van der Waals surface area (Å²) in [7, 11) is 0. The fourth-order valence-corrected chi connectivity index (χ4v) is 3.84. The van der Waals surface area contributed by atoms with E-state index in [9.17, 15) is 48.7 Å². The molecule has 0 saturated heterocycles. The van der Waals surface area contributed by atoms with Gasteiger partial charge in [-0.1, -0.05) is 55.6 Å². The molecule has 0 spiro atoms. The second kappa shape index (κ2) is 16.2. The molecule has 254 valence electrons. The Labute approximate surface area is 264 Å². The van der Waals surface area contributed by atoms with E-state index in [2.05, 4.69) is 23.2 Å². The van der Waals surface area contributed by atoms with Crippen LogP contribution in [0.2, 0.25) is 0 Å². The maximum atomic E-state index is 14.9. The van der Waals surface area contributed by atoms with Gasteiger partial charge in [0.1, 0.15) is 17.4 Å². The van der Waals surface area contributed by atoms with Gasteiger partial charge in [-0.15, -0.1) is 0 Å². The lowest BCUT2D eigenvalue weighted by Crippen LogP contribution is -2.50. The third-order valence-corrected chi connectivity index (χ3v) is 6.01. The SMILES string of the molecule is C=C(OC(C)C)/C(F)=C\C=C\[C@@](Cc1ccccc1)(NC(=O)c1cc(F)cc(C(F)(F)F)c1)C(=C)/C=C(F)\C=C\OC(F)(F)C(F)F. The molecule has 0 unspecified atom stereocenters. The maximum absolute atomic E-state index is 14.9. The molecule has 4 nitrogen and oxygen atoms in total. The van der Waals surface area contributed by atoms with Crippen molar-refractivity contribution in [3.8, 4) is 0 Å². The van der Waals surface area contributed by atoms with Gasteiger partial charge in [-0.3, -0.25) is 4.79 Å². The van der Waals surface area contributed by atoms with Crippen molar-refractivity contribution in [1.82, 2.24) is 5.32 Å². The Bertz CT molecular complexity index is 1540. The van der Waals surface area contributed by atoms with Crippen molar-refractivity contribution in [1.29, 1.82) is 0 Å². The van der Waals surface area contributed by atoms with Gasteiger partial charge in [-0.25, -0.2) is 13.2 Å². The number of alkyl halides is 7. The zero-order chi connectivity index (χ0) is 35.6. The zero-order valence-corrected chi connectivity index (χ0v) is 24.9. The third-order valence-electron chi connectivity index (χ3n) is 6.01. The Morgan fingerprint density at radius 1 is 1.00 bits per heavy atom. The van der Waals surface area contributed by atoms with E-state index in [4.69, 9.17) is 4.74 Å². The average molecular weight is 678 g/mol. The predicted octanol–water partition coefficient (Wildman–Crippen LogP) is 9.70. The molecular weight excluding hydrogens is 648 g/mol. The largest absolute Gasteiger partial charge is 0.489 e. The highest BCUT2D eigenvalue weighted by Crippen LogP contribution is 2.32. The summed E-state index contributed by atoms with van der Waals surface area (Å²) in [4.78, 5) is 13.4. The van der Waals surface area contributed by atoms with Crippen LogP contribution in [0.15, 0.2) is 121 Å². The molecule has 0 aliphatic rings. The first-order valence-corrected chi connectivity index (χ1v) is 13.5. The van der Waals surface area contributed by atoms with Crippen molar-refractivity contribution in [2.24, 2.45) is 0 Å². The van der Waals surface area contributed by atoms with Gasteiger partial charge in [0, 0.05) is 18.1 Å². The molecule has 0 aliphatic carbocycles. The monoisotopic (exact) mass is 677 g/mol. The molecule has 0 fully saturated rings. The summed E-state index contributed by atoms with van der Waals surface area (Å²) >= 11 is 0. The summed E-state index contributed by atoms with van der Waals surface area (Å²) in [5.74, 6) is -5.48. The molecule has 47 heavy (non-hydrogen) atoms. The van der Waals surface area contributed by atoms with Gasteiger partial charge in [-0.2, -0.15) is 30.7 Å². The van der Waals surface area contributed by atoms with Gasteiger partial charge in [0.2, 0.25) is 0 Å². The lowest BCUT2D eigenvalue weighted by atomic mass is 9.82. The summed E-state index contributed by atoms with van der Waals surface area (Å²) in [6.45, 7) is 10.3. The molecule has 2 aromatic rings. The van der Waals surface area contributed by atoms with E-state index in [0.717, 1.165) is 18.2 Å². The molecule has 14 heteroatoms. The number of halogens is 10. The van der Waals surface area contributed by atoms with Gasteiger partial charge in [0.15, 0.2) is 5.83 Å². The molecule has 1 amide bonds. The first-order valence-electron chi connectivity index (χ1n) is 13.5. The highest BCUT2D eigenvalue weighted by Gasteiger charge is 2.43. The second-order valence-electron chi connectivity index (χ2n) is 10.1. The fourth-order valence-electron chi connectivity index (χ4n) is 3.84.